The standard InChI is InChI=1S/C23H17FN4O/c24-18-8-4-6-16(14-18)22-25-13-12-21(28-22)26-20-11-5-7-17(15-20)23(29)27-19-9-2-1-3-10-19/h1-15H,(H,27,29)(H,25,26,28). The Hall–Kier alpha value is -4.06. The van der Waals surface area contributed by atoms with Gasteiger partial charge in [0, 0.05) is 28.7 Å². The topological polar surface area (TPSA) is 66.9 Å². The number of halogens is 1. The molecular weight excluding hydrogens is 367 g/mol. The minimum absolute atomic E-state index is 0.206. The summed E-state index contributed by atoms with van der Waals surface area (Å²) in [5.41, 5.74) is 2.53. The minimum atomic E-state index is -0.346. The van der Waals surface area contributed by atoms with Crippen LogP contribution in [0.5, 0.6) is 0 Å². The second-order valence-corrected chi connectivity index (χ2v) is 6.30. The van der Waals surface area contributed by atoms with Crippen LogP contribution in [0.25, 0.3) is 11.4 Å². The van der Waals surface area contributed by atoms with Crippen LogP contribution in [0, 0.1) is 5.82 Å². The molecule has 4 rings (SSSR count). The lowest BCUT2D eigenvalue weighted by Gasteiger charge is -2.09. The first kappa shape index (κ1) is 18.3. The number of aromatic nitrogens is 2. The minimum Gasteiger partial charge on any atom is -0.340 e. The lowest BCUT2D eigenvalue weighted by Crippen LogP contribution is -2.11. The summed E-state index contributed by atoms with van der Waals surface area (Å²) < 4.78 is 13.5. The molecule has 0 saturated carbocycles. The van der Waals surface area contributed by atoms with Gasteiger partial charge >= 0.3 is 0 Å². The first-order valence-electron chi connectivity index (χ1n) is 9.00. The summed E-state index contributed by atoms with van der Waals surface area (Å²) in [6, 6.07) is 24.2. The molecule has 0 radical (unpaired) electrons. The molecule has 0 aliphatic carbocycles. The second kappa shape index (κ2) is 8.31. The summed E-state index contributed by atoms with van der Waals surface area (Å²) in [7, 11) is 0. The van der Waals surface area contributed by atoms with Gasteiger partial charge in [-0.15, -0.1) is 0 Å². The van der Waals surface area contributed by atoms with E-state index in [2.05, 4.69) is 20.6 Å². The zero-order valence-corrected chi connectivity index (χ0v) is 15.3. The maximum Gasteiger partial charge on any atom is 0.255 e. The molecule has 1 aromatic heterocycles. The molecule has 6 heteroatoms. The van der Waals surface area contributed by atoms with Gasteiger partial charge < -0.3 is 10.6 Å². The van der Waals surface area contributed by atoms with Crippen molar-refractivity contribution in [1.29, 1.82) is 0 Å². The van der Waals surface area contributed by atoms with Gasteiger partial charge in [0.05, 0.1) is 0 Å². The van der Waals surface area contributed by atoms with Crippen LogP contribution in [0.4, 0.5) is 21.6 Å². The number of carbonyl (C=O) groups excluding carboxylic acids is 1. The van der Waals surface area contributed by atoms with Crippen molar-refractivity contribution in [2.24, 2.45) is 0 Å². The summed E-state index contributed by atoms with van der Waals surface area (Å²) in [6.07, 6.45) is 1.60. The number of nitrogens with one attached hydrogen (secondary N) is 2. The molecule has 4 aromatic rings. The molecule has 0 bridgehead atoms. The third-order valence-corrected chi connectivity index (χ3v) is 4.17. The van der Waals surface area contributed by atoms with Crippen molar-refractivity contribution < 1.29 is 9.18 Å². The molecule has 0 saturated heterocycles. The van der Waals surface area contributed by atoms with E-state index in [4.69, 9.17) is 0 Å². The average molecular weight is 384 g/mol. The third kappa shape index (κ3) is 4.62. The first-order valence-corrected chi connectivity index (χ1v) is 9.00. The Kier molecular flexibility index (Phi) is 5.25. The molecule has 0 unspecified atom stereocenters. The highest BCUT2D eigenvalue weighted by molar-refractivity contribution is 6.04. The zero-order chi connectivity index (χ0) is 20.1. The van der Waals surface area contributed by atoms with E-state index in [-0.39, 0.29) is 11.7 Å². The molecule has 0 fully saturated rings. The predicted molar refractivity (Wildman–Crippen MR) is 112 cm³/mol. The summed E-state index contributed by atoms with van der Waals surface area (Å²) in [4.78, 5) is 21.1. The smallest absolute Gasteiger partial charge is 0.255 e. The SMILES string of the molecule is O=C(Nc1ccccc1)c1cccc(Nc2ccnc(-c3cccc(F)c3)n2)c1. The van der Waals surface area contributed by atoms with Gasteiger partial charge in [-0.25, -0.2) is 14.4 Å². The largest absolute Gasteiger partial charge is 0.340 e. The Bertz CT molecular complexity index is 1150. The van der Waals surface area contributed by atoms with Gasteiger partial charge in [-0.2, -0.15) is 0 Å². The van der Waals surface area contributed by atoms with E-state index in [0.717, 1.165) is 5.69 Å². The van der Waals surface area contributed by atoms with Gasteiger partial charge in [-0.1, -0.05) is 36.4 Å². The van der Waals surface area contributed by atoms with Gasteiger partial charge in [-0.05, 0) is 48.5 Å². The molecule has 142 valence electrons. The van der Waals surface area contributed by atoms with Gasteiger partial charge in [0.25, 0.3) is 5.91 Å². The van der Waals surface area contributed by atoms with E-state index in [1.54, 1.807) is 42.6 Å². The summed E-state index contributed by atoms with van der Waals surface area (Å²) in [5.74, 6) is 0.400. The molecule has 0 aliphatic heterocycles. The summed E-state index contributed by atoms with van der Waals surface area (Å²) in [6.45, 7) is 0. The Balaban J connectivity index is 1.52. The summed E-state index contributed by atoms with van der Waals surface area (Å²) in [5, 5.41) is 6.02. The van der Waals surface area contributed by atoms with Crippen molar-refractivity contribution in [3.05, 3.63) is 103 Å². The van der Waals surface area contributed by atoms with Gasteiger partial charge in [-0.3, -0.25) is 4.79 Å². The fourth-order valence-corrected chi connectivity index (χ4v) is 2.81. The van der Waals surface area contributed by atoms with Crippen LogP contribution < -0.4 is 10.6 Å². The fraction of sp³-hybridized carbons (Fsp3) is 0. The van der Waals surface area contributed by atoms with E-state index in [0.29, 0.717) is 28.5 Å². The monoisotopic (exact) mass is 384 g/mol. The maximum absolute atomic E-state index is 13.5. The number of amides is 1. The normalized spacial score (nSPS) is 10.4. The van der Waals surface area contributed by atoms with E-state index < -0.39 is 0 Å². The van der Waals surface area contributed by atoms with E-state index in [1.165, 1.54) is 12.1 Å². The second-order valence-electron chi connectivity index (χ2n) is 6.30. The fourth-order valence-electron chi connectivity index (χ4n) is 2.81. The highest BCUT2D eigenvalue weighted by Crippen LogP contribution is 2.21. The van der Waals surface area contributed by atoms with Crippen molar-refractivity contribution in [2.75, 3.05) is 10.6 Å². The van der Waals surface area contributed by atoms with Crippen LogP contribution >= 0.6 is 0 Å². The lowest BCUT2D eigenvalue weighted by molar-refractivity contribution is 0.102. The Morgan fingerprint density at radius 2 is 1.62 bits per heavy atom. The maximum atomic E-state index is 13.5. The quantitative estimate of drug-likeness (QED) is 0.491. The Morgan fingerprint density at radius 1 is 0.828 bits per heavy atom. The molecule has 2 N–H and O–H groups in total. The molecule has 0 aliphatic rings. The predicted octanol–water partition coefficient (Wildman–Crippen LogP) is 5.28. The third-order valence-electron chi connectivity index (χ3n) is 4.17. The van der Waals surface area contributed by atoms with E-state index >= 15 is 0 Å². The number of para-hydroxylation sites is 1. The number of nitrogens with zero attached hydrogens (tertiary/aromatic N) is 2. The number of rotatable bonds is 5. The number of hydrogen-bond acceptors (Lipinski definition) is 4. The number of carbonyl (C=O) groups is 1. The Morgan fingerprint density at radius 3 is 2.45 bits per heavy atom. The van der Waals surface area contributed by atoms with Crippen molar-refractivity contribution in [3.8, 4) is 11.4 Å². The summed E-state index contributed by atoms with van der Waals surface area (Å²) >= 11 is 0. The molecule has 1 amide bonds. The van der Waals surface area contributed by atoms with Crippen LogP contribution in [0.3, 0.4) is 0 Å². The van der Waals surface area contributed by atoms with Crippen molar-refractivity contribution in [2.45, 2.75) is 0 Å². The Labute approximate surface area is 167 Å². The van der Waals surface area contributed by atoms with Crippen LogP contribution in [0.1, 0.15) is 10.4 Å². The molecular formula is C23H17FN4O. The van der Waals surface area contributed by atoms with Crippen molar-refractivity contribution >= 4 is 23.1 Å². The average Bonchev–Trinajstić information content (AvgIpc) is 2.75. The zero-order valence-electron chi connectivity index (χ0n) is 15.3. The molecule has 5 nitrogen and oxygen atoms in total. The van der Waals surface area contributed by atoms with Crippen LogP contribution in [-0.4, -0.2) is 15.9 Å². The van der Waals surface area contributed by atoms with Gasteiger partial charge in [0.15, 0.2) is 5.82 Å². The van der Waals surface area contributed by atoms with Crippen LogP contribution in [0.15, 0.2) is 91.1 Å². The highest BCUT2D eigenvalue weighted by atomic mass is 19.1. The lowest BCUT2D eigenvalue weighted by atomic mass is 10.1. The number of anilines is 3. The van der Waals surface area contributed by atoms with Crippen molar-refractivity contribution in [1.82, 2.24) is 9.97 Å². The van der Waals surface area contributed by atoms with E-state index in [1.807, 2.05) is 36.4 Å². The van der Waals surface area contributed by atoms with Crippen LogP contribution in [0.2, 0.25) is 0 Å². The first-order chi connectivity index (χ1) is 14.2. The van der Waals surface area contributed by atoms with Gasteiger partial charge in [0.2, 0.25) is 0 Å². The molecule has 0 atom stereocenters. The molecule has 0 spiro atoms. The number of benzene rings is 3. The van der Waals surface area contributed by atoms with Crippen LogP contribution in [-0.2, 0) is 0 Å². The number of hydrogen-bond donors (Lipinski definition) is 2. The molecule has 1 heterocycles. The molecule has 3 aromatic carbocycles. The van der Waals surface area contributed by atoms with Crippen molar-refractivity contribution in [3.63, 3.8) is 0 Å². The molecule has 29 heavy (non-hydrogen) atoms. The van der Waals surface area contributed by atoms with E-state index in [9.17, 15) is 9.18 Å². The highest BCUT2D eigenvalue weighted by Gasteiger charge is 2.08. The van der Waals surface area contributed by atoms with Gasteiger partial charge in [0.1, 0.15) is 11.6 Å².